The predicted octanol–water partition coefficient (Wildman–Crippen LogP) is 3.39. The van der Waals surface area contributed by atoms with E-state index in [2.05, 4.69) is 15.3 Å². The Morgan fingerprint density at radius 2 is 1.97 bits per heavy atom. The fraction of sp³-hybridized carbons (Fsp3) is 0.150. The summed E-state index contributed by atoms with van der Waals surface area (Å²) in [6.07, 6.45) is 0.974. The molecule has 0 radical (unpaired) electrons. The van der Waals surface area contributed by atoms with Crippen LogP contribution in [0.4, 0.5) is 5.69 Å². The lowest BCUT2D eigenvalue weighted by Gasteiger charge is -2.07. The van der Waals surface area contributed by atoms with Crippen molar-refractivity contribution in [3.8, 4) is 5.75 Å². The molecule has 11 heteroatoms. The lowest BCUT2D eigenvalue weighted by Crippen LogP contribution is -2.20. The molecule has 0 fully saturated rings. The van der Waals surface area contributed by atoms with Crippen LogP contribution in [0.2, 0.25) is 5.02 Å². The second kappa shape index (κ2) is 9.99. The van der Waals surface area contributed by atoms with E-state index < -0.39 is 20.3 Å². The van der Waals surface area contributed by atoms with Crippen molar-refractivity contribution in [3.63, 3.8) is 0 Å². The standard InChI is InChI=1S/C20H18ClN3O5S2/c1-2-29-15-8-6-14(7-9-15)23-18(25)12-30-20-22-11-17(19(26)24-20)31(27,28)16-5-3-4-13(21)10-16/h3-11H,2,12H2,1H3,(H,23,25)(H,22,24,26). The second-order valence-corrected chi connectivity index (χ2v) is 9.46. The number of anilines is 1. The maximum atomic E-state index is 12.7. The fourth-order valence-electron chi connectivity index (χ4n) is 2.52. The molecule has 0 aliphatic rings. The molecule has 3 rings (SSSR count). The van der Waals surface area contributed by atoms with Crippen molar-refractivity contribution in [1.82, 2.24) is 9.97 Å². The van der Waals surface area contributed by atoms with Crippen LogP contribution in [0.25, 0.3) is 0 Å². The average molecular weight is 480 g/mol. The molecule has 8 nitrogen and oxygen atoms in total. The van der Waals surface area contributed by atoms with Gasteiger partial charge in [0.2, 0.25) is 15.7 Å². The number of thioether (sulfide) groups is 1. The maximum absolute atomic E-state index is 12.7. The van der Waals surface area contributed by atoms with Gasteiger partial charge in [0.05, 0.1) is 23.5 Å². The smallest absolute Gasteiger partial charge is 0.270 e. The van der Waals surface area contributed by atoms with Gasteiger partial charge in [-0.15, -0.1) is 0 Å². The Morgan fingerprint density at radius 3 is 2.61 bits per heavy atom. The highest BCUT2D eigenvalue weighted by Crippen LogP contribution is 2.22. The van der Waals surface area contributed by atoms with Gasteiger partial charge in [0.1, 0.15) is 5.75 Å². The van der Waals surface area contributed by atoms with Crippen molar-refractivity contribution in [3.05, 3.63) is 70.1 Å². The number of carbonyl (C=O) groups is 1. The van der Waals surface area contributed by atoms with Crippen molar-refractivity contribution >= 4 is 44.8 Å². The Balaban J connectivity index is 1.65. The van der Waals surface area contributed by atoms with E-state index >= 15 is 0 Å². The molecule has 0 spiro atoms. The number of aromatic nitrogens is 2. The zero-order chi connectivity index (χ0) is 22.4. The van der Waals surface area contributed by atoms with Gasteiger partial charge in [0.15, 0.2) is 10.1 Å². The summed E-state index contributed by atoms with van der Waals surface area (Å²) < 4.78 is 30.6. The topological polar surface area (TPSA) is 118 Å². The first-order valence-electron chi connectivity index (χ1n) is 9.05. The molecule has 1 heterocycles. The minimum absolute atomic E-state index is 0.0312. The SMILES string of the molecule is CCOc1ccc(NC(=O)CSc2ncc(S(=O)(=O)c3cccc(Cl)c3)c(=O)[nH]2)cc1. The molecule has 1 aromatic heterocycles. The summed E-state index contributed by atoms with van der Waals surface area (Å²) in [6, 6.07) is 12.5. The number of benzene rings is 2. The number of halogens is 1. The summed E-state index contributed by atoms with van der Waals surface area (Å²) in [7, 11) is -4.08. The van der Waals surface area contributed by atoms with Gasteiger partial charge >= 0.3 is 0 Å². The van der Waals surface area contributed by atoms with Crippen molar-refractivity contribution in [1.29, 1.82) is 0 Å². The Hall–Kier alpha value is -2.82. The number of hydrogen-bond acceptors (Lipinski definition) is 7. The first-order chi connectivity index (χ1) is 14.8. The summed E-state index contributed by atoms with van der Waals surface area (Å²) >= 11 is 6.81. The van der Waals surface area contributed by atoms with Crippen LogP contribution in [0.5, 0.6) is 5.75 Å². The zero-order valence-corrected chi connectivity index (χ0v) is 18.7. The predicted molar refractivity (Wildman–Crippen MR) is 119 cm³/mol. The molecule has 1 amide bonds. The van der Waals surface area contributed by atoms with Gasteiger partial charge in [-0.1, -0.05) is 29.4 Å². The molecular weight excluding hydrogens is 462 g/mol. The fourth-order valence-corrected chi connectivity index (χ4v) is 4.69. The third-order valence-electron chi connectivity index (χ3n) is 3.93. The van der Waals surface area contributed by atoms with Crippen molar-refractivity contribution in [2.75, 3.05) is 17.7 Å². The molecular formula is C20H18ClN3O5S2. The second-order valence-electron chi connectivity index (χ2n) is 6.14. The molecule has 0 unspecified atom stereocenters. The van der Waals surface area contributed by atoms with E-state index in [1.54, 1.807) is 24.3 Å². The summed E-state index contributed by atoms with van der Waals surface area (Å²) in [5.74, 6) is 0.355. The molecule has 2 aromatic carbocycles. The summed E-state index contributed by atoms with van der Waals surface area (Å²) in [6.45, 7) is 2.43. The van der Waals surface area contributed by atoms with Gasteiger partial charge in [-0.3, -0.25) is 9.59 Å². The lowest BCUT2D eigenvalue weighted by atomic mass is 10.3. The van der Waals surface area contributed by atoms with E-state index in [-0.39, 0.29) is 26.7 Å². The average Bonchev–Trinajstić information content (AvgIpc) is 2.74. The number of carbonyl (C=O) groups excluding carboxylic acids is 1. The summed E-state index contributed by atoms with van der Waals surface area (Å²) in [4.78, 5) is 30.2. The third kappa shape index (κ3) is 5.87. The number of hydrogen-bond donors (Lipinski definition) is 2. The highest BCUT2D eigenvalue weighted by molar-refractivity contribution is 7.99. The van der Waals surface area contributed by atoms with Crippen LogP contribution >= 0.6 is 23.4 Å². The van der Waals surface area contributed by atoms with Gasteiger partial charge < -0.3 is 15.0 Å². The number of nitrogens with one attached hydrogen (secondary N) is 2. The minimum Gasteiger partial charge on any atom is -0.494 e. The largest absolute Gasteiger partial charge is 0.494 e. The Kier molecular flexibility index (Phi) is 7.37. The molecule has 2 N–H and O–H groups in total. The molecule has 0 aliphatic carbocycles. The quantitative estimate of drug-likeness (QED) is 0.375. The Labute approximate surface area is 187 Å². The molecule has 0 saturated heterocycles. The van der Waals surface area contributed by atoms with E-state index in [0.717, 1.165) is 18.0 Å². The maximum Gasteiger partial charge on any atom is 0.270 e. The normalized spacial score (nSPS) is 11.2. The lowest BCUT2D eigenvalue weighted by molar-refractivity contribution is -0.113. The molecule has 0 saturated carbocycles. The molecule has 162 valence electrons. The highest BCUT2D eigenvalue weighted by Gasteiger charge is 2.22. The van der Waals surface area contributed by atoms with Crippen LogP contribution in [0.1, 0.15) is 6.92 Å². The van der Waals surface area contributed by atoms with Gasteiger partial charge in [0.25, 0.3) is 5.56 Å². The van der Waals surface area contributed by atoms with Crippen molar-refractivity contribution in [2.45, 2.75) is 21.9 Å². The third-order valence-corrected chi connectivity index (χ3v) is 6.80. The van der Waals surface area contributed by atoms with E-state index in [9.17, 15) is 18.0 Å². The molecule has 0 bridgehead atoms. The van der Waals surface area contributed by atoms with Crippen molar-refractivity contribution in [2.24, 2.45) is 0 Å². The van der Waals surface area contributed by atoms with Gasteiger partial charge in [-0.05, 0) is 49.4 Å². The van der Waals surface area contributed by atoms with Crippen molar-refractivity contribution < 1.29 is 17.9 Å². The number of H-pyrrole nitrogens is 1. The van der Waals surface area contributed by atoms with Crippen LogP contribution in [-0.4, -0.2) is 36.7 Å². The molecule has 0 aliphatic heterocycles. The van der Waals surface area contributed by atoms with Gasteiger partial charge in [-0.2, -0.15) is 0 Å². The van der Waals surface area contributed by atoms with Crippen LogP contribution in [-0.2, 0) is 14.6 Å². The van der Waals surface area contributed by atoms with Crippen LogP contribution < -0.4 is 15.6 Å². The summed E-state index contributed by atoms with van der Waals surface area (Å²) in [5, 5.41) is 3.07. The molecule has 0 atom stereocenters. The Bertz CT molecular complexity index is 1240. The number of amides is 1. The number of sulfone groups is 1. The van der Waals surface area contributed by atoms with Crippen LogP contribution in [0.3, 0.4) is 0 Å². The number of nitrogens with zero attached hydrogens (tertiary/aromatic N) is 1. The van der Waals surface area contributed by atoms with Gasteiger partial charge in [0, 0.05) is 10.7 Å². The van der Waals surface area contributed by atoms with Crippen LogP contribution in [0, 0.1) is 0 Å². The molecule has 31 heavy (non-hydrogen) atoms. The minimum atomic E-state index is -4.08. The van der Waals surface area contributed by atoms with E-state index in [1.807, 2.05) is 6.92 Å². The monoisotopic (exact) mass is 479 g/mol. The first kappa shape index (κ1) is 22.9. The number of rotatable bonds is 8. The number of ether oxygens (including phenoxy) is 1. The van der Waals surface area contributed by atoms with E-state index in [0.29, 0.717) is 18.0 Å². The Morgan fingerprint density at radius 1 is 1.23 bits per heavy atom. The summed E-state index contributed by atoms with van der Waals surface area (Å²) in [5.41, 5.74) is -0.233. The van der Waals surface area contributed by atoms with E-state index in [4.69, 9.17) is 16.3 Å². The van der Waals surface area contributed by atoms with Crippen LogP contribution in [0.15, 0.2) is 74.5 Å². The van der Waals surface area contributed by atoms with E-state index in [1.165, 1.54) is 24.3 Å². The zero-order valence-electron chi connectivity index (χ0n) is 16.3. The van der Waals surface area contributed by atoms with Gasteiger partial charge in [-0.25, -0.2) is 13.4 Å². The highest BCUT2D eigenvalue weighted by atomic mass is 35.5. The molecule has 3 aromatic rings. The first-order valence-corrected chi connectivity index (χ1v) is 11.9. The number of aromatic amines is 1.